The maximum Gasteiger partial charge on any atom is 0.180 e. The molecule has 1 N–H and O–H groups in total. The van der Waals surface area contributed by atoms with Crippen LogP contribution in [0.25, 0.3) is 0 Å². The van der Waals surface area contributed by atoms with Gasteiger partial charge >= 0.3 is 0 Å². The molecule has 1 rings (SSSR count). The second kappa shape index (κ2) is 8.48. The van der Waals surface area contributed by atoms with Crippen LogP contribution in [0.4, 0.5) is 5.69 Å². The third kappa shape index (κ3) is 5.45. The Morgan fingerprint density at radius 3 is 2.58 bits per heavy atom. The molecule has 0 aliphatic rings. The molecule has 0 unspecified atom stereocenters. The van der Waals surface area contributed by atoms with Crippen LogP contribution in [0.2, 0.25) is 0 Å². The Balaban J connectivity index is 2.55. The first-order valence-corrected chi connectivity index (χ1v) is 9.71. The molecule has 0 aliphatic heterocycles. The molecule has 5 heteroatoms. The van der Waals surface area contributed by atoms with E-state index in [0.717, 1.165) is 18.7 Å². The van der Waals surface area contributed by atoms with Gasteiger partial charge in [-0.15, -0.1) is 0 Å². The van der Waals surface area contributed by atoms with E-state index in [9.17, 15) is 8.42 Å². The molecule has 0 aromatic heterocycles. The van der Waals surface area contributed by atoms with Gasteiger partial charge in [0.2, 0.25) is 0 Å². The highest BCUT2D eigenvalue weighted by Crippen LogP contribution is 2.22. The predicted molar refractivity (Wildman–Crippen MR) is 84.9 cm³/mol. The van der Waals surface area contributed by atoms with E-state index < -0.39 is 9.84 Å². The minimum Gasteiger partial charge on any atom is -0.384 e. The van der Waals surface area contributed by atoms with Crippen molar-refractivity contribution < 1.29 is 8.42 Å². The van der Waals surface area contributed by atoms with E-state index in [2.05, 4.69) is 11.6 Å². The molecule has 0 aliphatic carbocycles. The number of thioether (sulfide) groups is 1. The standard InChI is InChI=1S/C14H23NO2S2/c1-3-19(16,17)14-10-6-5-9-13(14)15-11-7-4-8-12-18-2/h5-6,9-10,15H,3-4,7-8,11-12H2,1-2H3. The van der Waals surface area contributed by atoms with Gasteiger partial charge in [0.1, 0.15) is 0 Å². The number of anilines is 1. The maximum absolute atomic E-state index is 12.0. The van der Waals surface area contributed by atoms with Crippen LogP contribution < -0.4 is 5.32 Å². The fourth-order valence-corrected chi connectivity index (χ4v) is 3.38. The molecule has 19 heavy (non-hydrogen) atoms. The highest BCUT2D eigenvalue weighted by atomic mass is 32.2. The molecule has 108 valence electrons. The summed E-state index contributed by atoms with van der Waals surface area (Å²) in [6, 6.07) is 7.15. The van der Waals surface area contributed by atoms with Gasteiger partial charge in [0.05, 0.1) is 16.3 Å². The summed E-state index contributed by atoms with van der Waals surface area (Å²) in [5.74, 6) is 1.33. The molecule has 0 fully saturated rings. The number of unbranched alkanes of at least 4 members (excludes halogenated alkanes) is 2. The number of sulfone groups is 1. The largest absolute Gasteiger partial charge is 0.384 e. The minimum atomic E-state index is -3.15. The van der Waals surface area contributed by atoms with Gasteiger partial charge in [0, 0.05) is 6.54 Å². The average molecular weight is 301 g/mol. The van der Waals surface area contributed by atoms with Gasteiger partial charge in [0.25, 0.3) is 0 Å². The summed E-state index contributed by atoms with van der Waals surface area (Å²) >= 11 is 1.87. The molecule has 3 nitrogen and oxygen atoms in total. The van der Waals surface area contributed by atoms with Gasteiger partial charge in [0.15, 0.2) is 9.84 Å². The van der Waals surface area contributed by atoms with Crippen molar-refractivity contribution in [2.24, 2.45) is 0 Å². The van der Waals surface area contributed by atoms with Crippen LogP contribution in [0, 0.1) is 0 Å². The zero-order valence-electron chi connectivity index (χ0n) is 11.7. The average Bonchev–Trinajstić information content (AvgIpc) is 2.43. The molecule has 0 atom stereocenters. The first-order valence-electron chi connectivity index (χ1n) is 6.66. The summed E-state index contributed by atoms with van der Waals surface area (Å²) in [5, 5.41) is 3.24. The van der Waals surface area contributed by atoms with Crippen LogP contribution in [-0.4, -0.2) is 32.7 Å². The summed E-state index contributed by atoms with van der Waals surface area (Å²) in [6.07, 6.45) is 5.58. The summed E-state index contributed by atoms with van der Waals surface area (Å²) in [7, 11) is -3.15. The molecule has 1 aromatic carbocycles. The van der Waals surface area contributed by atoms with Crippen molar-refractivity contribution in [3.05, 3.63) is 24.3 Å². The smallest absolute Gasteiger partial charge is 0.180 e. The molecule has 0 bridgehead atoms. The number of para-hydroxylation sites is 1. The zero-order chi connectivity index (χ0) is 14.1. The lowest BCUT2D eigenvalue weighted by Crippen LogP contribution is -2.10. The van der Waals surface area contributed by atoms with Crippen LogP contribution >= 0.6 is 11.8 Å². The minimum absolute atomic E-state index is 0.138. The molecule has 0 saturated carbocycles. The Bertz CT molecular complexity index is 472. The molecule has 1 aromatic rings. The van der Waals surface area contributed by atoms with Gasteiger partial charge in [-0.25, -0.2) is 8.42 Å². The van der Waals surface area contributed by atoms with Crippen LogP contribution in [0.3, 0.4) is 0 Å². The topological polar surface area (TPSA) is 46.2 Å². The van der Waals surface area contributed by atoms with Gasteiger partial charge in [-0.1, -0.05) is 25.5 Å². The van der Waals surface area contributed by atoms with E-state index in [0.29, 0.717) is 4.90 Å². The molecule has 0 saturated heterocycles. The van der Waals surface area contributed by atoms with E-state index in [4.69, 9.17) is 0 Å². The predicted octanol–water partition coefficient (Wildman–Crippen LogP) is 3.43. The molecular formula is C14H23NO2S2. The van der Waals surface area contributed by atoms with Crippen molar-refractivity contribution in [1.82, 2.24) is 0 Å². The van der Waals surface area contributed by atoms with Crippen molar-refractivity contribution in [2.75, 3.05) is 29.6 Å². The highest BCUT2D eigenvalue weighted by Gasteiger charge is 2.15. The molecule has 0 heterocycles. The SMILES string of the molecule is CCS(=O)(=O)c1ccccc1NCCCCCSC. The van der Waals surface area contributed by atoms with Gasteiger partial charge in [-0.3, -0.25) is 0 Å². The van der Waals surface area contributed by atoms with Gasteiger partial charge in [-0.2, -0.15) is 11.8 Å². The molecule has 0 amide bonds. The summed E-state index contributed by atoms with van der Waals surface area (Å²) in [6.45, 7) is 2.50. The number of hydrogen-bond donors (Lipinski definition) is 1. The first kappa shape index (κ1) is 16.4. The second-order valence-electron chi connectivity index (χ2n) is 4.38. The Hall–Kier alpha value is -0.680. The summed E-state index contributed by atoms with van der Waals surface area (Å²) in [4.78, 5) is 0.418. The van der Waals surface area contributed by atoms with Crippen molar-refractivity contribution in [1.29, 1.82) is 0 Å². The Labute approximate surface area is 121 Å². The van der Waals surface area contributed by atoms with Crippen LogP contribution in [-0.2, 0) is 9.84 Å². The van der Waals surface area contributed by atoms with E-state index in [1.807, 2.05) is 23.9 Å². The summed E-state index contributed by atoms with van der Waals surface area (Å²) < 4.78 is 23.9. The Morgan fingerprint density at radius 1 is 1.16 bits per heavy atom. The molecule has 0 radical (unpaired) electrons. The van der Waals surface area contributed by atoms with Crippen molar-refractivity contribution in [3.63, 3.8) is 0 Å². The van der Waals surface area contributed by atoms with Gasteiger partial charge in [-0.05, 0) is 37.0 Å². The first-order chi connectivity index (χ1) is 9.11. The van der Waals surface area contributed by atoms with Crippen LogP contribution in [0.15, 0.2) is 29.2 Å². The van der Waals surface area contributed by atoms with Crippen molar-refractivity contribution >= 4 is 27.3 Å². The highest BCUT2D eigenvalue weighted by molar-refractivity contribution is 7.98. The number of benzene rings is 1. The molecule has 0 spiro atoms. The van der Waals surface area contributed by atoms with Gasteiger partial charge < -0.3 is 5.32 Å². The normalized spacial score (nSPS) is 11.5. The quantitative estimate of drug-likeness (QED) is 0.710. The fraction of sp³-hybridized carbons (Fsp3) is 0.571. The van der Waals surface area contributed by atoms with E-state index >= 15 is 0 Å². The van der Waals surface area contributed by atoms with E-state index in [-0.39, 0.29) is 5.75 Å². The number of nitrogens with one attached hydrogen (secondary N) is 1. The monoisotopic (exact) mass is 301 g/mol. The lowest BCUT2D eigenvalue weighted by molar-refractivity contribution is 0.597. The lowest BCUT2D eigenvalue weighted by Gasteiger charge is -2.11. The van der Waals surface area contributed by atoms with E-state index in [1.165, 1.54) is 18.6 Å². The van der Waals surface area contributed by atoms with Crippen LogP contribution in [0.1, 0.15) is 26.2 Å². The third-order valence-corrected chi connectivity index (χ3v) is 5.43. The third-order valence-electron chi connectivity index (χ3n) is 2.94. The number of rotatable bonds is 9. The Kier molecular flexibility index (Phi) is 7.31. The number of hydrogen-bond acceptors (Lipinski definition) is 4. The van der Waals surface area contributed by atoms with E-state index in [1.54, 1.807) is 19.1 Å². The molecular weight excluding hydrogens is 278 g/mol. The second-order valence-corrected chi connectivity index (χ2v) is 7.61. The fourth-order valence-electron chi connectivity index (χ4n) is 1.81. The van der Waals surface area contributed by atoms with Crippen molar-refractivity contribution in [2.45, 2.75) is 31.1 Å². The maximum atomic E-state index is 12.0. The lowest BCUT2D eigenvalue weighted by atomic mass is 10.2. The Morgan fingerprint density at radius 2 is 1.89 bits per heavy atom. The zero-order valence-corrected chi connectivity index (χ0v) is 13.3. The van der Waals surface area contributed by atoms with Crippen molar-refractivity contribution in [3.8, 4) is 0 Å². The van der Waals surface area contributed by atoms with Crippen LogP contribution in [0.5, 0.6) is 0 Å². The summed E-state index contributed by atoms with van der Waals surface area (Å²) in [5.41, 5.74) is 0.731.